The predicted molar refractivity (Wildman–Crippen MR) is 46.0 cm³/mol. The van der Waals surface area contributed by atoms with Gasteiger partial charge in [0, 0.05) is 10.7 Å². The van der Waals surface area contributed by atoms with Crippen molar-refractivity contribution in [2.45, 2.75) is 0 Å². The molecule has 0 aliphatic heterocycles. The molecule has 0 aliphatic carbocycles. The summed E-state index contributed by atoms with van der Waals surface area (Å²) in [5.41, 5.74) is 0. The first-order valence-electron chi connectivity index (χ1n) is 2.59. The molecule has 1 rings (SSSR count). The summed E-state index contributed by atoms with van der Waals surface area (Å²) in [5.74, 6) is 2.41. The fraction of sp³-hybridized carbons (Fsp3) is 0. The summed E-state index contributed by atoms with van der Waals surface area (Å²) < 4.78 is 20.6. The summed E-state index contributed by atoms with van der Waals surface area (Å²) >= 11 is 1.37. The van der Waals surface area contributed by atoms with Crippen LogP contribution in [0.4, 0.5) is 0 Å². The van der Waals surface area contributed by atoms with Gasteiger partial charge in [0.2, 0.25) is 0 Å². The number of rotatable bonds is 0. The van der Waals surface area contributed by atoms with E-state index in [1.165, 1.54) is 11.3 Å². The van der Waals surface area contributed by atoms with E-state index in [0.717, 1.165) is 0 Å². The molecule has 0 bridgehead atoms. The molecule has 0 N–H and O–H groups in total. The second-order valence-corrected chi connectivity index (χ2v) is 4.89. The van der Waals surface area contributed by atoms with Gasteiger partial charge in [0.1, 0.15) is 0 Å². The van der Waals surface area contributed by atoms with Gasteiger partial charge < -0.3 is 0 Å². The van der Waals surface area contributed by atoms with Crippen molar-refractivity contribution in [3.63, 3.8) is 0 Å². The third-order valence-electron chi connectivity index (χ3n) is 0.817. The summed E-state index contributed by atoms with van der Waals surface area (Å²) in [5, 5.41) is 3.73. The lowest BCUT2D eigenvalue weighted by molar-refractivity contribution is 0.618. The molecule has 0 atom stereocenters. The molecule has 2 nitrogen and oxygen atoms in total. The van der Waals surface area contributed by atoms with Crippen LogP contribution in [0, 0.1) is 11.2 Å². The lowest BCUT2D eigenvalue weighted by Crippen LogP contribution is -1.79. The van der Waals surface area contributed by atoms with Crippen LogP contribution in [0.25, 0.3) is 0 Å². The van der Waals surface area contributed by atoms with Gasteiger partial charge in [0.25, 0.3) is 0 Å². The number of hydrogen-bond donors (Lipinski definition) is 0. The molecule has 0 fully saturated rings. The van der Waals surface area contributed by atoms with E-state index >= 15 is 0 Å². The maximum atomic E-state index is 10.3. The molecule has 1 aromatic heterocycles. The van der Waals surface area contributed by atoms with E-state index in [4.69, 9.17) is 10.7 Å². The summed E-state index contributed by atoms with van der Waals surface area (Å²) in [7, 11) is 1.17. The van der Waals surface area contributed by atoms with Gasteiger partial charge in [-0.2, -0.15) is 8.42 Å². The van der Waals surface area contributed by atoms with Crippen LogP contribution in [0.1, 0.15) is 4.88 Å². The molecule has 0 unspecified atom stereocenters. The van der Waals surface area contributed by atoms with Crippen molar-refractivity contribution in [3.8, 4) is 11.2 Å². The molecule has 1 heterocycles. The molecule has 0 radical (unpaired) electrons. The van der Waals surface area contributed by atoms with Gasteiger partial charge in [0.15, 0.2) is 0 Å². The van der Waals surface area contributed by atoms with Gasteiger partial charge in [-0.3, -0.25) is 0 Å². The maximum Gasteiger partial charge on any atom is 0.301 e. The maximum absolute atomic E-state index is 10.3. The smallest absolute Gasteiger partial charge is 0.198 e. The fourth-order valence-electron chi connectivity index (χ4n) is 0.461. The van der Waals surface area contributed by atoms with E-state index in [9.17, 15) is 8.42 Å². The van der Waals surface area contributed by atoms with E-state index in [2.05, 4.69) is 5.92 Å². The lowest BCUT2D eigenvalue weighted by Gasteiger charge is -1.74. The Labute approximate surface area is 73.2 Å². The average molecular weight is 207 g/mol. The van der Waals surface area contributed by atoms with Crippen molar-refractivity contribution < 1.29 is 8.42 Å². The summed E-state index contributed by atoms with van der Waals surface area (Å²) in [4.78, 5) is 0.689. The van der Waals surface area contributed by atoms with Gasteiger partial charge in [-0.25, -0.2) is 0 Å². The molecule has 11 heavy (non-hydrogen) atoms. The summed E-state index contributed by atoms with van der Waals surface area (Å²) in [6.07, 6.45) is 0. The van der Waals surface area contributed by atoms with Gasteiger partial charge >= 0.3 is 9.05 Å². The van der Waals surface area contributed by atoms with Gasteiger partial charge in [0.05, 0.1) is 10.1 Å². The van der Waals surface area contributed by atoms with Crippen molar-refractivity contribution in [1.29, 1.82) is 0 Å². The highest BCUT2D eigenvalue weighted by atomic mass is 35.7. The Kier molecular flexibility index (Phi) is 2.55. The first-order valence-corrected chi connectivity index (χ1v) is 5.78. The zero-order valence-electron chi connectivity index (χ0n) is 5.24. The zero-order chi connectivity index (χ0) is 8.32. The first-order chi connectivity index (χ1) is 5.08. The Bertz CT molecular complexity index is 380. The predicted octanol–water partition coefficient (Wildman–Crippen LogP) is 1.63. The number of halogens is 1. The van der Waals surface area contributed by atoms with Crippen LogP contribution in [-0.4, -0.2) is 8.42 Å². The van der Waals surface area contributed by atoms with Crippen molar-refractivity contribution in [2.24, 2.45) is 0 Å². The van der Waals surface area contributed by atoms with Gasteiger partial charge in [-0.05, 0) is 17.4 Å². The Morgan fingerprint density at radius 3 is 2.73 bits per heavy atom. The molecule has 0 spiro atoms. The summed E-state index contributed by atoms with van der Waals surface area (Å²) in [6, 6.07) is 3.51. The van der Waals surface area contributed by atoms with Crippen LogP contribution in [0.3, 0.4) is 0 Å². The zero-order valence-corrected chi connectivity index (χ0v) is 7.63. The van der Waals surface area contributed by atoms with Crippen molar-refractivity contribution in [2.75, 3.05) is 0 Å². The van der Waals surface area contributed by atoms with Crippen LogP contribution >= 0.6 is 22.0 Å². The highest BCUT2D eigenvalue weighted by molar-refractivity contribution is 8.17. The van der Waals surface area contributed by atoms with E-state index in [1.807, 2.05) is 10.6 Å². The highest BCUT2D eigenvalue weighted by Gasteiger charge is 1.95. The van der Waals surface area contributed by atoms with Gasteiger partial charge in [-0.15, -0.1) is 11.3 Å². The molecular weight excluding hydrogens is 204 g/mol. The first kappa shape index (κ1) is 8.60. The molecule has 0 amide bonds. The van der Waals surface area contributed by atoms with E-state index in [-0.39, 0.29) is 0 Å². The van der Waals surface area contributed by atoms with Crippen molar-refractivity contribution in [1.82, 2.24) is 0 Å². The molecule has 0 saturated heterocycles. The Morgan fingerprint density at radius 2 is 2.27 bits per heavy atom. The molecule has 58 valence electrons. The minimum atomic E-state index is -3.68. The van der Waals surface area contributed by atoms with Crippen LogP contribution in [0.5, 0.6) is 0 Å². The minimum Gasteiger partial charge on any atom is -0.198 e. The van der Waals surface area contributed by atoms with Gasteiger partial charge in [-0.1, -0.05) is 6.07 Å². The van der Waals surface area contributed by atoms with Crippen LogP contribution in [0.15, 0.2) is 17.5 Å². The third-order valence-corrected chi connectivity index (χ3v) is 2.18. The molecule has 1 aromatic rings. The Balaban J connectivity index is 2.91. The molecule has 0 saturated carbocycles. The summed E-state index contributed by atoms with van der Waals surface area (Å²) in [6.45, 7) is 0. The topological polar surface area (TPSA) is 34.1 Å². The molecule has 0 aromatic carbocycles. The largest absolute Gasteiger partial charge is 0.301 e. The quantitative estimate of drug-likeness (QED) is 0.478. The van der Waals surface area contributed by atoms with Crippen LogP contribution in [0.2, 0.25) is 0 Å². The second-order valence-electron chi connectivity index (χ2n) is 1.64. The highest BCUT2D eigenvalue weighted by Crippen LogP contribution is 2.06. The second kappa shape index (κ2) is 3.26. The van der Waals surface area contributed by atoms with Crippen molar-refractivity contribution in [3.05, 3.63) is 22.4 Å². The van der Waals surface area contributed by atoms with Crippen LogP contribution < -0.4 is 0 Å². The Hall–Kier alpha value is -0.500. The number of thiophene rings is 1. The Morgan fingerprint density at radius 1 is 1.55 bits per heavy atom. The fourth-order valence-corrected chi connectivity index (χ4v) is 1.44. The van der Waals surface area contributed by atoms with Crippen LogP contribution in [-0.2, 0) is 9.05 Å². The number of hydrogen-bond acceptors (Lipinski definition) is 3. The van der Waals surface area contributed by atoms with E-state index in [0.29, 0.717) is 4.88 Å². The van der Waals surface area contributed by atoms with E-state index < -0.39 is 9.05 Å². The van der Waals surface area contributed by atoms with E-state index in [1.54, 1.807) is 12.1 Å². The normalized spacial score (nSPS) is 10.3. The standard InChI is InChI=1S/C6H3ClO2S2/c7-11(8,9)5-3-6-2-1-4-10-6/h1-2,4H. The van der Waals surface area contributed by atoms with Crippen molar-refractivity contribution >= 4 is 31.1 Å². The molecular formula is C6H3ClO2S2. The molecule has 5 heteroatoms. The lowest BCUT2D eigenvalue weighted by atomic mass is 10.5. The monoisotopic (exact) mass is 206 g/mol. The average Bonchev–Trinajstić information content (AvgIpc) is 2.32. The molecule has 0 aliphatic rings. The minimum absolute atomic E-state index is 0.689. The SMILES string of the molecule is O=S(=O)(Cl)C#Cc1cccs1. The third kappa shape index (κ3) is 3.42.